The molecule has 2 aromatic rings. The predicted octanol–water partition coefficient (Wildman–Crippen LogP) is 3.02. The minimum Gasteiger partial charge on any atom is -0.325 e. The minimum atomic E-state index is -3.09. The third kappa shape index (κ3) is 4.18. The number of anilines is 2. The maximum absolute atomic E-state index is 12.6. The Morgan fingerprint density at radius 3 is 2.48 bits per heavy atom. The summed E-state index contributed by atoms with van der Waals surface area (Å²) in [7, 11) is -3.09. The number of amidine groups is 1. The summed E-state index contributed by atoms with van der Waals surface area (Å²) < 4.78 is 24.2. The van der Waals surface area contributed by atoms with Crippen LogP contribution in [0.15, 0.2) is 53.5 Å². The summed E-state index contributed by atoms with van der Waals surface area (Å²) in [5, 5.41) is 3.70. The van der Waals surface area contributed by atoms with Gasteiger partial charge in [0.2, 0.25) is 5.91 Å². The van der Waals surface area contributed by atoms with Crippen LogP contribution < -0.4 is 10.2 Å². The number of thioether (sulfide) groups is 1. The molecule has 2 aromatic carbocycles. The van der Waals surface area contributed by atoms with E-state index in [2.05, 4.69) is 10.3 Å². The van der Waals surface area contributed by atoms with Crippen LogP contribution in [-0.2, 0) is 14.6 Å². The Morgan fingerprint density at radius 2 is 1.79 bits per heavy atom. The molecule has 0 spiro atoms. The third-order valence-electron chi connectivity index (χ3n) is 5.22. The molecule has 0 saturated carbocycles. The number of amides is 1. The van der Waals surface area contributed by atoms with Crippen LogP contribution in [-0.4, -0.2) is 48.8 Å². The summed E-state index contributed by atoms with van der Waals surface area (Å²) in [5.74, 6) is 0.268. The average molecular weight is 430 g/mol. The van der Waals surface area contributed by atoms with Crippen molar-refractivity contribution in [1.29, 1.82) is 0 Å². The molecule has 2 atom stereocenters. The quantitative estimate of drug-likeness (QED) is 0.808. The Kier molecular flexibility index (Phi) is 5.40. The number of rotatable bonds is 4. The van der Waals surface area contributed by atoms with Crippen molar-refractivity contribution in [2.75, 3.05) is 27.5 Å². The highest BCUT2D eigenvalue weighted by molar-refractivity contribution is 8.14. The van der Waals surface area contributed by atoms with Gasteiger partial charge < -0.3 is 10.2 Å². The van der Waals surface area contributed by atoms with Crippen LogP contribution in [0.4, 0.5) is 11.4 Å². The highest BCUT2D eigenvalue weighted by atomic mass is 32.2. The maximum Gasteiger partial charge on any atom is 0.234 e. The number of aryl methyl sites for hydroxylation is 2. The molecule has 4 rings (SSSR count). The number of sulfone groups is 1. The fraction of sp³-hybridized carbons (Fsp3) is 0.333. The van der Waals surface area contributed by atoms with Crippen LogP contribution in [0.1, 0.15) is 11.1 Å². The molecule has 0 bridgehead atoms. The van der Waals surface area contributed by atoms with Crippen molar-refractivity contribution in [3.8, 4) is 0 Å². The van der Waals surface area contributed by atoms with E-state index < -0.39 is 9.84 Å². The number of carbonyl (C=O) groups is 1. The molecule has 152 valence electrons. The summed E-state index contributed by atoms with van der Waals surface area (Å²) in [4.78, 5) is 19.2. The Bertz CT molecular complexity index is 1050. The topological polar surface area (TPSA) is 78.8 Å². The number of carbonyl (C=O) groups excluding carboxylic acids is 1. The Morgan fingerprint density at radius 1 is 1.10 bits per heavy atom. The van der Waals surface area contributed by atoms with Crippen molar-refractivity contribution in [1.82, 2.24) is 0 Å². The molecule has 0 unspecified atom stereocenters. The van der Waals surface area contributed by atoms with E-state index in [1.165, 1.54) is 11.8 Å². The van der Waals surface area contributed by atoms with Gasteiger partial charge in [-0.3, -0.25) is 9.79 Å². The number of hydrogen-bond donors (Lipinski definition) is 1. The van der Waals surface area contributed by atoms with Gasteiger partial charge in [-0.15, -0.1) is 0 Å². The first-order chi connectivity index (χ1) is 13.8. The molecule has 0 aromatic heterocycles. The molecule has 0 radical (unpaired) electrons. The van der Waals surface area contributed by atoms with Gasteiger partial charge in [0.05, 0.1) is 29.3 Å². The monoisotopic (exact) mass is 429 g/mol. The fourth-order valence-corrected chi connectivity index (χ4v) is 6.61. The van der Waals surface area contributed by atoms with Crippen molar-refractivity contribution < 1.29 is 13.2 Å². The van der Waals surface area contributed by atoms with Gasteiger partial charge in [-0.1, -0.05) is 48.2 Å². The molecule has 1 fully saturated rings. The molecule has 2 heterocycles. The zero-order chi connectivity index (χ0) is 20.6. The molecule has 29 heavy (non-hydrogen) atoms. The second kappa shape index (κ2) is 7.84. The van der Waals surface area contributed by atoms with E-state index in [0.717, 1.165) is 22.5 Å². The lowest BCUT2D eigenvalue weighted by atomic mass is 10.1. The largest absolute Gasteiger partial charge is 0.325 e. The van der Waals surface area contributed by atoms with Gasteiger partial charge in [0.25, 0.3) is 0 Å². The van der Waals surface area contributed by atoms with Gasteiger partial charge >= 0.3 is 0 Å². The molecule has 1 N–H and O–H groups in total. The number of para-hydroxylation sites is 2. The van der Waals surface area contributed by atoms with Crippen LogP contribution >= 0.6 is 11.8 Å². The smallest absolute Gasteiger partial charge is 0.234 e. The molecule has 2 aliphatic heterocycles. The van der Waals surface area contributed by atoms with Crippen LogP contribution in [0, 0.1) is 13.8 Å². The van der Waals surface area contributed by atoms with E-state index in [9.17, 15) is 13.2 Å². The van der Waals surface area contributed by atoms with Crippen molar-refractivity contribution in [3.63, 3.8) is 0 Å². The standard InChI is InChI=1S/C21H23N3O3S2/c1-14-7-6-8-15(2)20(14)23-19(25)11-28-21-22-17-12-29(26,27)13-18(17)24(21)16-9-4-3-5-10-16/h3-10,17-18H,11-13H2,1-2H3,(H,23,25)/t17-,18-/m1/s1. The van der Waals surface area contributed by atoms with Crippen molar-refractivity contribution >= 4 is 44.0 Å². The lowest BCUT2D eigenvalue weighted by Gasteiger charge is -2.26. The summed E-state index contributed by atoms with van der Waals surface area (Å²) in [5.41, 5.74) is 3.78. The van der Waals surface area contributed by atoms with Gasteiger partial charge in [-0.2, -0.15) is 0 Å². The van der Waals surface area contributed by atoms with E-state index in [4.69, 9.17) is 0 Å². The zero-order valence-corrected chi connectivity index (χ0v) is 18.0. The lowest BCUT2D eigenvalue weighted by Crippen LogP contribution is -2.39. The molecule has 2 aliphatic rings. The number of hydrogen-bond acceptors (Lipinski definition) is 6. The Labute approximate surface area is 175 Å². The second-order valence-corrected chi connectivity index (χ2v) is 10.5. The van der Waals surface area contributed by atoms with Gasteiger partial charge in [0, 0.05) is 11.4 Å². The molecular weight excluding hydrogens is 406 g/mol. The SMILES string of the molecule is Cc1cccc(C)c1NC(=O)CSC1=N[C@@H]2CS(=O)(=O)C[C@H]2N1c1ccccc1. The number of nitrogens with one attached hydrogen (secondary N) is 1. The minimum absolute atomic E-state index is 0.0691. The fourth-order valence-electron chi connectivity index (χ4n) is 3.84. The first-order valence-electron chi connectivity index (χ1n) is 9.45. The van der Waals surface area contributed by atoms with Crippen molar-refractivity contribution in [2.45, 2.75) is 25.9 Å². The van der Waals surface area contributed by atoms with Crippen LogP contribution in [0.2, 0.25) is 0 Å². The number of fused-ring (bicyclic) bond motifs is 1. The van der Waals surface area contributed by atoms with Crippen molar-refractivity contribution in [3.05, 3.63) is 59.7 Å². The number of nitrogens with zero attached hydrogens (tertiary/aromatic N) is 2. The third-order valence-corrected chi connectivity index (χ3v) is 7.89. The van der Waals surface area contributed by atoms with E-state index >= 15 is 0 Å². The summed E-state index contributed by atoms with van der Waals surface area (Å²) >= 11 is 1.35. The van der Waals surface area contributed by atoms with Gasteiger partial charge in [-0.05, 0) is 37.1 Å². The zero-order valence-electron chi connectivity index (χ0n) is 16.3. The molecule has 1 saturated heterocycles. The average Bonchev–Trinajstić information content (AvgIpc) is 3.15. The lowest BCUT2D eigenvalue weighted by molar-refractivity contribution is -0.113. The molecule has 8 heteroatoms. The van der Waals surface area contributed by atoms with Gasteiger partial charge in [0.15, 0.2) is 15.0 Å². The van der Waals surface area contributed by atoms with Gasteiger partial charge in [0.1, 0.15) is 0 Å². The van der Waals surface area contributed by atoms with Crippen LogP contribution in [0.5, 0.6) is 0 Å². The van der Waals surface area contributed by atoms with Crippen molar-refractivity contribution in [2.24, 2.45) is 4.99 Å². The number of aliphatic imine (C=N–C) groups is 1. The van der Waals surface area contributed by atoms with Gasteiger partial charge in [-0.25, -0.2) is 8.42 Å². The molecule has 6 nitrogen and oxygen atoms in total. The van der Waals surface area contributed by atoms with Crippen LogP contribution in [0.25, 0.3) is 0 Å². The summed E-state index contributed by atoms with van der Waals surface area (Å²) in [6.07, 6.45) is 0. The Balaban J connectivity index is 1.50. The summed E-state index contributed by atoms with van der Waals surface area (Å²) in [6, 6.07) is 15.1. The maximum atomic E-state index is 12.6. The van der Waals surface area contributed by atoms with E-state index in [-0.39, 0.29) is 35.2 Å². The first kappa shape index (κ1) is 20.0. The summed E-state index contributed by atoms with van der Waals surface area (Å²) in [6.45, 7) is 3.94. The molecule has 0 aliphatic carbocycles. The molecule has 1 amide bonds. The highest BCUT2D eigenvalue weighted by Gasteiger charge is 2.47. The van der Waals surface area contributed by atoms with E-state index in [1.807, 2.05) is 67.3 Å². The van der Waals surface area contributed by atoms with E-state index in [0.29, 0.717) is 5.17 Å². The first-order valence-corrected chi connectivity index (χ1v) is 12.3. The highest BCUT2D eigenvalue weighted by Crippen LogP contribution is 2.35. The number of benzene rings is 2. The predicted molar refractivity (Wildman–Crippen MR) is 120 cm³/mol. The van der Waals surface area contributed by atoms with E-state index in [1.54, 1.807) is 0 Å². The Hall–Kier alpha value is -2.32. The normalized spacial score (nSPS) is 22.3. The van der Waals surface area contributed by atoms with Crippen LogP contribution in [0.3, 0.4) is 0 Å². The molecular formula is C21H23N3O3S2. The second-order valence-electron chi connectivity index (χ2n) is 7.43.